The molecular weight excluding hydrogens is 192 g/mol. The van der Waals surface area contributed by atoms with E-state index in [0.29, 0.717) is 13.0 Å². The summed E-state index contributed by atoms with van der Waals surface area (Å²) in [6, 6.07) is 9.53. The number of rotatable bonds is 4. The van der Waals surface area contributed by atoms with Crippen LogP contribution in [0.15, 0.2) is 30.3 Å². The first kappa shape index (κ1) is 10.5. The molecule has 0 aliphatic heterocycles. The van der Waals surface area contributed by atoms with Crippen molar-refractivity contribution in [1.29, 1.82) is 0 Å². The molecule has 1 N–H and O–H groups in total. The van der Waals surface area contributed by atoms with E-state index in [1.165, 1.54) is 0 Å². The Morgan fingerprint density at radius 1 is 1.33 bits per heavy atom. The molecule has 1 fully saturated rings. The summed E-state index contributed by atoms with van der Waals surface area (Å²) in [5.74, 6) is 0.783. The predicted octanol–water partition coefficient (Wildman–Crippen LogP) is 1.60. The molecule has 82 valence electrons. The SMILES string of the molecule is CCO[C@@H]1C[C@H](O)[C@@H]1Oc1ccccc1. The minimum atomic E-state index is -0.401. The Labute approximate surface area is 89.6 Å². The molecule has 2 rings (SSSR count). The third-order valence-electron chi connectivity index (χ3n) is 2.62. The van der Waals surface area contributed by atoms with E-state index in [-0.39, 0.29) is 12.2 Å². The summed E-state index contributed by atoms with van der Waals surface area (Å²) in [6.07, 6.45) is 0.0880. The molecule has 3 nitrogen and oxygen atoms in total. The Morgan fingerprint density at radius 2 is 2.07 bits per heavy atom. The fourth-order valence-electron chi connectivity index (χ4n) is 1.75. The Balaban J connectivity index is 1.93. The van der Waals surface area contributed by atoms with Crippen LogP contribution >= 0.6 is 0 Å². The number of hydrogen-bond donors (Lipinski definition) is 1. The van der Waals surface area contributed by atoms with E-state index in [1.807, 2.05) is 37.3 Å². The Kier molecular flexibility index (Phi) is 3.23. The first-order valence-electron chi connectivity index (χ1n) is 5.32. The smallest absolute Gasteiger partial charge is 0.151 e. The highest BCUT2D eigenvalue weighted by Crippen LogP contribution is 2.28. The van der Waals surface area contributed by atoms with Crippen LogP contribution in [0.3, 0.4) is 0 Å². The largest absolute Gasteiger partial charge is 0.485 e. The van der Waals surface area contributed by atoms with Crippen LogP contribution in [0.5, 0.6) is 5.75 Å². The normalized spacial score (nSPS) is 29.6. The number of hydrogen-bond acceptors (Lipinski definition) is 3. The summed E-state index contributed by atoms with van der Waals surface area (Å²) < 4.78 is 11.1. The van der Waals surface area contributed by atoms with Crippen LogP contribution in [0.4, 0.5) is 0 Å². The topological polar surface area (TPSA) is 38.7 Å². The second-order valence-corrected chi connectivity index (χ2v) is 3.69. The van der Waals surface area contributed by atoms with Crippen molar-refractivity contribution in [2.24, 2.45) is 0 Å². The van der Waals surface area contributed by atoms with E-state index in [0.717, 1.165) is 5.75 Å². The maximum Gasteiger partial charge on any atom is 0.151 e. The van der Waals surface area contributed by atoms with Gasteiger partial charge < -0.3 is 14.6 Å². The molecule has 0 saturated heterocycles. The zero-order chi connectivity index (χ0) is 10.7. The van der Waals surface area contributed by atoms with Gasteiger partial charge >= 0.3 is 0 Å². The molecule has 1 aromatic carbocycles. The summed E-state index contributed by atoms with van der Waals surface area (Å²) in [7, 11) is 0. The zero-order valence-electron chi connectivity index (χ0n) is 8.80. The fourth-order valence-corrected chi connectivity index (χ4v) is 1.75. The van der Waals surface area contributed by atoms with E-state index >= 15 is 0 Å². The van der Waals surface area contributed by atoms with Gasteiger partial charge in [0.25, 0.3) is 0 Å². The van der Waals surface area contributed by atoms with Crippen molar-refractivity contribution in [3.8, 4) is 5.75 Å². The van der Waals surface area contributed by atoms with Crippen LogP contribution in [-0.4, -0.2) is 30.0 Å². The van der Waals surface area contributed by atoms with Crippen molar-refractivity contribution < 1.29 is 14.6 Å². The molecule has 1 aliphatic rings. The third kappa shape index (κ3) is 2.30. The molecule has 3 atom stereocenters. The van der Waals surface area contributed by atoms with Crippen LogP contribution in [0.2, 0.25) is 0 Å². The van der Waals surface area contributed by atoms with E-state index in [4.69, 9.17) is 9.47 Å². The first-order chi connectivity index (χ1) is 7.31. The Morgan fingerprint density at radius 3 is 2.67 bits per heavy atom. The van der Waals surface area contributed by atoms with Gasteiger partial charge in [-0.3, -0.25) is 0 Å². The molecule has 0 heterocycles. The summed E-state index contributed by atoms with van der Waals surface area (Å²) in [5.41, 5.74) is 0. The van der Waals surface area contributed by atoms with Gasteiger partial charge in [0.1, 0.15) is 5.75 Å². The minimum Gasteiger partial charge on any atom is -0.485 e. The van der Waals surface area contributed by atoms with Crippen molar-refractivity contribution in [2.45, 2.75) is 31.7 Å². The van der Waals surface area contributed by atoms with E-state index in [9.17, 15) is 5.11 Å². The van der Waals surface area contributed by atoms with Gasteiger partial charge in [0, 0.05) is 13.0 Å². The second-order valence-electron chi connectivity index (χ2n) is 3.69. The molecule has 1 aromatic rings. The van der Waals surface area contributed by atoms with Crippen LogP contribution in [-0.2, 0) is 4.74 Å². The Bertz CT molecular complexity index is 297. The average molecular weight is 208 g/mol. The molecule has 0 spiro atoms. The highest BCUT2D eigenvalue weighted by atomic mass is 16.6. The number of ether oxygens (including phenoxy) is 2. The lowest BCUT2D eigenvalue weighted by molar-refractivity contribution is -0.154. The lowest BCUT2D eigenvalue weighted by atomic mass is 9.88. The van der Waals surface area contributed by atoms with Crippen molar-refractivity contribution in [1.82, 2.24) is 0 Å². The summed E-state index contributed by atoms with van der Waals surface area (Å²) >= 11 is 0. The molecule has 0 bridgehead atoms. The molecule has 1 aliphatic carbocycles. The van der Waals surface area contributed by atoms with Crippen LogP contribution in [0, 0.1) is 0 Å². The average Bonchev–Trinajstić information content (AvgIpc) is 2.27. The molecule has 0 amide bonds. The van der Waals surface area contributed by atoms with Gasteiger partial charge in [-0.2, -0.15) is 0 Å². The zero-order valence-corrected chi connectivity index (χ0v) is 8.80. The van der Waals surface area contributed by atoms with Gasteiger partial charge in [0.15, 0.2) is 6.10 Å². The number of aliphatic hydroxyl groups excluding tert-OH is 1. The Hall–Kier alpha value is -1.06. The van der Waals surface area contributed by atoms with Gasteiger partial charge in [-0.15, -0.1) is 0 Å². The predicted molar refractivity (Wildman–Crippen MR) is 56.9 cm³/mol. The molecule has 1 saturated carbocycles. The van der Waals surface area contributed by atoms with Crippen molar-refractivity contribution in [2.75, 3.05) is 6.61 Å². The molecule has 0 aromatic heterocycles. The third-order valence-corrected chi connectivity index (χ3v) is 2.62. The van der Waals surface area contributed by atoms with Crippen LogP contribution in [0.1, 0.15) is 13.3 Å². The van der Waals surface area contributed by atoms with Crippen molar-refractivity contribution in [3.05, 3.63) is 30.3 Å². The van der Waals surface area contributed by atoms with Gasteiger partial charge in [0.05, 0.1) is 12.2 Å². The van der Waals surface area contributed by atoms with E-state index < -0.39 is 6.10 Å². The standard InChI is InChI=1S/C12H16O3/c1-2-14-11-8-10(13)12(11)15-9-6-4-3-5-7-9/h3-7,10-13H,2,8H2,1H3/t10-,11+,12-/m0/s1. The number of benzene rings is 1. The molecule has 15 heavy (non-hydrogen) atoms. The highest BCUT2D eigenvalue weighted by molar-refractivity contribution is 5.22. The summed E-state index contributed by atoms with van der Waals surface area (Å²) in [6.45, 7) is 2.61. The minimum absolute atomic E-state index is 0.0326. The molecule has 3 heteroatoms. The van der Waals surface area contributed by atoms with Crippen molar-refractivity contribution >= 4 is 0 Å². The monoisotopic (exact) mass is 208 g/mol. The van der Waals surface area contributed by atoms with Gasteiger partial charge in [-0.05, 0) is 19.1 Å². The summed E-state index contributed by atoms with van der Waals surface area (Å²) in [4.78, 5) is 0. The number of aliphatic hydroxyl groups is 1. The second kappa shape index (κ2) is 4.64. The lowest BCUT2D eigenvalue weighted by Crippen LogP contribution is -2.55. The maximum atomic E-state index is 9.56. The molecule has 0 unspecified atom stereocenters. The fraction of sp³-hybridized carbons (Fsp3) is 0.500. The van der Waals surface area contributed by atoms with Gasteiger partial charge in [-0.1, -0.05) is 18.2 Å². The maximum absolute atomic E-state index is 9.56. The van der Waals surface area contributed by atoms with E-state index in [2.05, 4.69) is 0 Å². The summed E-state index contributed by atoms with van der Waals surface area (Å²) in [5, 5.41) is 9.56. The van der Waals surface area contributed by atoms with Gasteiger partial charge in [0.2, 0.25) is 0 Å². The van der Waals surface area contributed by atoms with Crippen LogP contribution < -0.4 is 4.74 Å². The quantitative estimate of drug-likeness (QED) is 0.817. The van der Waals surface area contributed by atoms with Gasteiger partial charge in [-0.25, -0.2) is 0 Å². The van der Waals surface area contributed by atoms with E-state index in [1.54, 1.807) is 0 Å². The lowest BCUT2D eigenvalue weighted by Gasteiger charge is -2.40. The first-order valence-corrected chi connectivity index (χ1v) is 5.32. The van der Waals surface area contributed by atoms with Crippen molar-refractivity contribution in [3.63, 3.8) is 0 Å². The highest BCUT2D eigenvalue weighted by Gasteiger charge is 2.42. The number of para-hydroxylation sites is 1. The van der Waals surface area contributed by atoms with Crippen LogP contribution in [0.25, 0.3) is 0 Å². The molecular formula is C12H16O3. The molecule has 0 radical (unpaired) electrons.